The van der Waals surface area contributed by atoms with Gasteiger partial charge in [-0.1, -0.05) is 89.0 Å². The predicted molar refractivity (Wildman–Crippen MR) is 120 cm³/mol. The molecule has 0 spiro atoms. The molecule has 0 saturated carbocycles. The van der Waals surface area contributed by atoms with E-state index in [-0.39, 0.29) is 5.60 Å². The normalized spacial score (nSPS) is 18.6. The maximum absolute atomic E-state index is 5.78. The Morgan fingerprint density at radius 1 is 0.857 bits per heavy atom. The van der Waals surface area contributed by atoms with Gasteiger partial charge in [0.25, 0.3) is 0 Å². The van der Waals surface area contributed by atoms with Crippen molar-refractivity contribution in [2.24, 2.45) is 0 Å². The zero-order valence-corrected chi connectivity index (χ0v) is 18.4. The molecule has 0 aliphatic carbocycles. The van der Waals surface area contributed by atoms with Crippen LogP contribution in [0.2, 0.25) is 0 Å². The second-order valence-corrected chi connectivity index (χ2v) is 8.65. The van der Waals surface area contributed by atoms with Crippen molar-refractivity contribution in [3.05, 3.63) is 42.0 Å². The van der Waals surface area contributed by atoms with Gasteiger partial charge in [0.05, 0.1) is 6.61 Å². The summed E-state index contributed by atoms with van der Waals surface area (Å²) in [4.78, 5) is 0. The van der Waals surface area contributed by atoms with Crippen molar-refractivity contribution in [3.63, 3.8) is 0 Å². The lowest BCUT2D eigenvalue weighted by atomic mass is 10.1. The van der Waals surface area contributed by atoms with Gasteiger partial charge >= 0.3 is 0 Å². The summed E-state index contributed by atoms with van der Waals surface area (Å²) >= 11 is 0. The van der Waals surface area contributed by atoms with Crippen LogP contribution in [-0.2, 0) is 11.2 Å². The SMILES string of the molecule is CCCCCCCCCCCC/C=C/CCc1ccc(OCC2(C)CO2)cc1. The molecule has 2 nitrogen and oxygen atoms in total. The van der Waals surface area contributed by atoms with Gasteiger partial charge in [0, 0.05) is 0 Å². The summed E-state index contributed by atoms with van der Waals surface area (Å²) in [7, 11) is 0. The fraction of sp³-hybridized carbons (Fsp3) is 0.692. The Morgan fingerprint density at radius 2 is 1.43 bits per heavy atom. The second-order valence-electron chi connectivity index (χ2n) is 8.65. The number of unbranched alkanes of at least 4 members (excludes halogenated alkanes) is 10. The summed E-state index contributed by atoms with van der Waals surface area (Å²) in [5.74, 6) is 0.942. The highest BCUT2D eigenvalue weighted by Gasteiger charge is 2.40. The largest absolute Gasteiger partial charge is 0.491 e. The molecule has 1 aliphatic heterocycles. The first-order valence-corrected chi connectivity index (χ1v) is 11.7. The highest BCUT2D eigenvalue weighted by Crippen LogP contribution is 2.27. The van der Waals surface area contributed by atoms with E-state index in [1.54, 1.807) is 0 Å². The minimum Gasteiger partial charge on any atom is -0.491 e. The van der Waals surface area contributed by atoms with Crippen LogP contribution in [0.15, 0.2) is 36.4 Å². The molecular formula is C26H42O2. The monoisotopic (exact) mass is 386 g/mol. The average molecular weight is 387 g/mol. The Kier molecular flexibility index (Phi) is 11.4. The third-order valence-corrected chi connectivity index (χ3v) is 5.60. The first kappa shape index (κ1) is 23.0. The van der Waals surface area contributed by atoms with Crippen LogP contribution < -0.4 is 4.74 Å². The molecule has 0 radical (unpaired) electrons. The van der Waals surface area contributed by atoms with E-state index in [2.05, 4.69) is 50.3 Å². The van der Waals surface area contributed by atoms with Gasteiger partial charge in [-0.15, -0.1) is 0 Å². The van der Waals surface area contributed by atoms with Crippen molar-refractivity contribution in [1.29, 1.82) is 0 Å². The van der Waals surface area contributed by atoms with Crippen molar-refractivity contribution < 1.29 is 9.47 Å². The molecule has 1 aromatic carbocycles. The number of hydrogen-bond donors (Lipinski definition) is 0. The van der Waals surface area contributed by atoms with E-state index in [4.69, 9.17) is 9.47 Å². The van der Waals surface area contributed by atoms with Crippen LogP contribution in [0.4, 0.5) is 0 Å². The number of allylic oxidation sites excluding steroid dienone is 2. The molecule has 0 bridgehead atoms. The van der Waals surface area contributed by atoms with E-state index in [0.717, 1.165) is 25.2 Å². The molecule has 1 aliphatic rings. The Morgan fingerprint density at radius 3 is 2.04 bits per heavy atom. The number of rotatable bonds is 17. The van der Waals surface area contributed by atoms with Crippen LogP contribution >= 0.6 is 0 Å². The molecule has 1 saturated heterocycles. The Bertz CT molecular complexity index is 528. The molecular weight excluding hydrogens is 344 g/mol. The molecule has 1 aromatic rings. The number of epoxide rings is 1. The number of ether oxygens (including phenoxy) is 2. The molecule has 1 atom stereocenters. The summed E-state index contributed by atoms with van der Waals surface area (Å²) in [6, 6.07) is 8.52. The third kappa shape index (κ3) is 10.9. The van der Waals surface area contributed by atoms with Crippen LogP contribution in [0.25, 0.3) is 0 Å². The topological polar surface area (TPSA) is 21.8 Å². The van der Waals surface area contributed by atoms with Crippen LogP contribution in [0, 0.1) is 0 Å². The van der Waals surface area contributed by atoms with E-state index in [0.29, 0.717) is 6.61 Å². The van der Waals surface area contributed by atoms with Gasteiger partial charge in [0.1, 0.15) is 18.0 Å². The van der Waals surface area contributed by atoms with Gasteiger partial charge in [-0.3, -0.25) is 0 Å². The highest BCUT2D eigenvalue weighted by atomic mass is 16.6. The first-order chi connectivity index (χ1) is 13.7. The molecule has 2 heteroatoms. The molecule has 0 aromatic heterocycles. The maximum atomic E-state index is 5.78. The molecule has 0 N–H and O–H groups in total. The van der Waals surface area contributed by atoms with Crippen LogP contribution in [-0.4, -0.2) is 18.8 Å². The van der Waals surface area contributed by atoms with Gasteiger partial charge in [0.2, 0.25) is 0 Å². The van der Waals surface area contributed by atoms with E-state index >= 15 is 0 Å². The summed E-state index contributed by atoms with van der Waals surface area (Å²) in [5.41, 5.74) is 1.34. The van der Waals surface area contributed by atoms with Gasteiger partial charge in [-0.25, -0.2) is 0 Å². The molecule has 1 heterocycles. The van der Waals surface area contributed by atoms with E-state index < -0.39 is 0 Å². The minimum atomic E-state index is -0.0439. The van der Waals surface area contributed by atoms with Gasteiger partial charge in [-0.05, 0) is 50.3 Å². The molecule has 1 fully saturated rings. The summed E-state index contributed by atoms with van der Waals surface area (Å²) < 4.78 is 11.1. The fourth-order valence-corrected chi connectivity index (χ4v) is 3.43. The number of benzene rings is 1. The smallest absolute Gasteiger partial charge is 0.123 e. The van der Waals surface area contributed by atoms with E-state index in [1.165, 1.54) is 76.2 Å². The summed E-state index contributed by atoms with van der Waals surface area (Å²) in [5, 5.41) is 0. The summed E-state index contributed by atoms with van der Waals surface area (Å²) in [6.45, 7) is 5.84. The highest BCUT2D eigenvalue weighted by molar-refractivity contribution is 5.27. The lowest BCUT2D eigenvalue weighted by Gasteiger charge is -2.09. The van der Waals surface area contributed by atoms with Crippen LogP contribution in [0.3, 0.4) is 0 Å². The number of aryl methyl sites for hydroxylation is 1. The maximum Gasteiger partial charge on any atom is 0.123 e. The Labute approximate surface area is 173 Å². The van der Waals surface area contributed by atoms with E-state index in [1.807, 2.05) is 0 Å². The first-order valence-electron chi connectivity index (χ1n) is 11.7. The second kappa shape index (κ2) is 13.8. The number of hydrogen-bond acceptors (Lipinski definition) is 2. The molecule has 158 valence electrons. The quantitative estimate of drug-likeness (QED) is 0.156. The van der Waals surface area contributed by atoms with E-state index in [9.17, 15) is 0 Å². The van der Waals surface area contributed by atoms with Gasteiger partial charge < -0.3 is 9.47 Å². The summed E-state index contributed by atoms with van der Waals surface area (Å²) in [6.07, 6.45) is 22.3. The zero-order chi connectivity index (χ0) is 19.9. The van der Waals surface area contributed by atoms with Crippen molar-refractivity contribution in [1.82, 2.24) is 0 Å². The lowest BCUT2D eigenvalue weighted by molar-refractivity contribution is 0.202. The lowest BCUT2D eigenvalue weighted by Crippen LogP contribution is -2.16. The van der Waals surface area contributed by atoms with Gasteiger partial charge in [-0.2, -0.15) is 0 Å². The molecule has 1 unspecified atom stereocenters. The van der Waals surface area contributed by atoms with Crippen LogP contribution in [0.1, 0.15) is 96.5 Å². The molecule has 28 heavy (non-hydrogen) atoms. The van der Waals surface area contributed by atoms with Crippen molar-refractivity contribution in [2.45, 2.75) is 103 Å². The fourth-order valence-electron chi connectivity index (χ4n) is 3.43. The Hall–Kier alpha value is -1.28. The van der Waals surface area contributed by atoms with Gasteiger partial charge in [0.15, 0.2) is 0 Å². The minimum absolute atomic E-state index is 0.0439. The Balaban J connectivity index is 1.40. The van der Waals surface area contributed by atoms with Crippen molar-refractivity contribution in [2.75, 3.05) is 13.2 Å². The average Bonchev–Trinajstić information content (AvgIpc) is 3.45. The molecule has 0 amide bonds. The standard InChI is InChI=1S/C26H42O2/c1-3-4-5-6-7-8-9-10-11-12-13-14-15-16-17-24-18-20-25(21-19-24)27-22-26(2)23-28-26/h14-15,18-21H,3-13,16-17,22-23H2,1-2H3/b15-14+. The van der Waals surface area contributed by atoms with Crippen LogP contribution in [0.5, 0.6) is 5.75 Å². The molecule has 2 rings (SSSR count). The van der Waals surface area contributed by atoms with Crippen molar-refractivity contribution in [3.8, 4) is 5.75 Å². The predicted octanol–water partition coefficient (Wildman–Crippen LogP) is 7.65. The third-order valence-electron chi connectivity index (χ3n) is 5.60. The zero-order valence-electron chi connectivity index (χ0n) is 18.4. The van der Waals surface area contributed by atoms with Crippen molar-refractivity contribution >= 4 is 0 Å².